The number of ether oxygens (including phenoxy) is 1. The van der Waals surface area contributed by atoms with Crippen molar-refractivity contribution in [3.05, 3.63) is 23.3 Å². The zero-order valence-electron chi connectivity index (χ0n) is 8.71. The van der Waals surface area contributed by atoms with Crippen LogP contribution in [0, 0.1) is 5.92 Å². The van der Waals surface area contributed by atoms with Crippen LogP contribution >= 0.6 is 12.6 Å². The topological polar surface area (TPSA) is 9.23 Å². The molecular weight excluding hydrogens is 192 g/mol. The van der Waals surface area contributed by atoms with Crippen LogP contribution in [0.1, 0.15) is 24.5 Å². The van der Waals surface area contributed by atoms with Gasteiger partial charge in [0, 0.05) is 4.90 Å². The molecular formula is C12H16OS. The first-order valence-electron chi connectivity index (χ1n) is 5.09. The number of thiol groups is 1. The number of rotatable bonds is 1. The summed E-state index contributed by atoms with van der Waals surface area (Å²) in [5.74, 6) is 1.71. The first kappa shape index (κ1) is 9.91. The summed E-state index contributed by atoms with van der Waals surface area (Å²) < 4.78 is 5.27. The van der Waals surface area contributed by atoms with Gasteiger partial charge in [-0.2, -0.15) is 0 Å². The summed E-state index contributed by atoms with van der Waals surface area (Å²) in [6, 6.07) is 4.30. The van der Waals surface area contributed by atoms with Crippen molar-refractivity contribution in [1.29, 1.82) is 0 Å². The van der Waals surface area contributed by atoms with Crippen LogP contribution in [0.5, 0.6) is 5.75 Å². The molecule has 0 spiro atoms. The highest BCUT2D eigenvalue weighted by molar-refractivity contribution is 7.80. The van der Waals surface area contributed by atoms with Crippen LogP contribution < -0.4 is 4.74 Å². The van der Waals surface area contributed by atoms with E-state index in [1.165, 1.54) is 30.4 Å². The highest BCUT2D eigenvalue weighted by Crippen LogP contribution is 2.32. The van der Waals surface area contributed by atoms with Crippen LogP contribution in [-0.2, 0) is 12.8 Å². The molecule has 1 nitrogen and oxygen atoms in total. The van der Waals surface area contributed by atoms with Gasteiger partial charge < -0.3 is 4.74 Å². The van der Waals surface area contributed by atoms with Crippen molar-refractivity contribution in [2.24, 2.45) is 5.92 Å². The molecule has 1 aliphatic carbocycles. The van der Waals surface area contributed by atoms with Crippen LogP contribution in [0.25, 0.3) is 0 Å². The lowest BCUT2D eigenvalue weighted by atomic mass is 9.85. The maximum absolute atomic E-state index is 5.27. The molecule has 0 amide bonds. The third kappa shape index (κ3) is 1.76. The first-order valence-corrected chi connectivity index (χ1v) is 5.54. The quantitative estimate of drug-likeness (QED) is 0.698. The van der Waals surface area contributed by atoms with Gasteiger partial charge in [-0.1, -0.05) is 6.92 Å². The smallest absolute Gasteiger partial charge is 0.132 e. The van der Waals surface area contributed by atoms with E-state index in [1.807, 2.05) is 0 Å². The van der Waals surface area contributed by atoms with E-state index in [2.05, 4.69) is 31.7 Å². The highest BCUT2D eigenvalue weighted by Gasteiger charge is 2.16. The molecule has 0 saturated carbocycles. The molecule has 0 heterocycles. The molecule has 0 aromatic heterocycles. The average Bonchev–Trinajstić information content (AvgIpc) is 2.17. The maximum Gasteiger partial charge on any atom is 0.132 e. The Kier molecular flexibility index (Phi) is 2.73. The minimum Gasteiger partial charge on any atom is -0.496 e. The fraction of sp³-hybridized carbons (Fsp3) is 0.500. The number of benzene rings is 1. The van der Waals surface area contributed by atoms with Gasteiger partial charge in [0.25, 0.3) is 0 Å². The fourth-order valence-corrected chi connectivity index (χ4v) is 2.43. The first-order chi connectivity index (χ1) is 6.70. The zero-order valence-corrected chi connectivity index (χ0v) is 9.60. The second kappa shape index (κ2) is 3.85. The van der Waals surface area contributed by atoms with Gasteiger partial charge in [0.2, 0.25) is 0 Å². The molecule has 0 saturated heterocycles. The van der Waals surface area contributed by atoms with Crippen molar-refractivity contribution in [2.75, 3.05) is 7.11 Å². The van der Waals surface area contributed by atoms with E-state index in [-0.39, 0.29) is 0 Å². The summed E-state index contributed by atoms with van der Waals surface area (Å²) in [6.07, 6.45) is 3.67. The number of aryl methyl sites for hydroxylation is 1. The van der Waals surface area contributed by atoms with E-state index in [4.69, 9.17) is 4.74 Å². The van der Waals surface area contributed by atoms with Crippen molar-refractivity contribution in [2.45, 2.75) is 31.1 Å². The summed E-state index contributed by atoms with van der Waals surface area (Å²) in [4.78, 5) is 0.959. The molecule has 0 fully saturated rings. The van der Waals surface area contributed by atoms with Gasteiger partial charge in [0.15, 0.2) is 0 Å². The minimum atomic E-state index is 0.804. The SMILES string of the molecule is COc1cc2c(cc1S)CCC(C)C2. The van der Waals surface area contributed by atoms with Crippen LogP contribution in [0.4, 0.5) is 0 Å². The summed E-state index contributed by atoms with van der Waals surface area (Å²) in [6.45, 7) is 2.31. The standard InChI is InChI=1S/C12H16OS/c1-8-3-4-9-7-12(14)11(13-2)6-10(9)5-8/h6-8,14H,3-5H2,1-2H3. The maximum atomic E-state index is 5.27. The van der Waals surface area contributed by atoms with Gasteiger partial charge in [-0.3, -0.25) is 0 Å². The van der Waals surface area contributed by atoms with E-state index < -0.39 is 0 Å². The molecule has 0 N–H and O–H groups in total. The minimum absolute atomic E-state index is 0.804. The van der Waals surface area contributed by atoms with E-state index >= 15 is 0 Å². The lowest BCUT2D eigenvalue weighted by molar-refractivity contribution is 0.402. The largest absolute Gasteiger partial charge is 0.496 e. The molecule has 0 bridgehead atoms. The third-order valence-corrected chi connectivity index (χ3v) is 3.33. The Morgan fingerprint density at radius 3 is 2.86 bits per heavy atom. The Morgan fingerprint density at radius 2 is 2.14 bits per heavy atom. The number of methoxy groups -OCH3 is 1. The molecule has 1 aromatic rings. The molecule has 1 unspecified atom stereocenters. The number of hydrogen-bond acceptors (Lipinski definition) is 2. The summed E-state index contributed by atoms with van der Waals surface area (Å²) in [5, 5.41) is 0. The summed E-state index contributed by atoms with van der Waals surface area (Å²) in [5.41, 5.74) is 2.90. The van der Waals surface area contributed by atoms with Crippen LogP contribution in [-0.4, -0.2) is 7.11 Å². The molecule has 0 radical (unpaired) electrons. The van der Waals surface area contributed by atoms with Crippen LogP contribution in [0.3, 0.4) is 0 Å². The van der Waals surface area contributed by atoms with Crippen LogP contribution in [0.2, 0.25) is 0 Å². The Bertz CT molecular complexity index is 346. The monoisotopic (exact) mass is 208 g/mol. The predicted octanol–water partition coefficient (Wildman–Crippen LogP) is 3.11. The average molecular weight is 208 g/mol. The van der Waals surface area contributed by atoms with Crippen molar-refractivity contribution < 1.29 is 4.74 Å². The summed E-state index contributed by atoms with van der Waals surface area (Å²) >= 11 is 4.41. The second-order valence-electron chi connectivity index (χ2n) is 4.14. The molecule has 1 aromatic carbocycles. The molecule has 76 valence electrons. The number of hydrogen-bond donors (Lipinski definition) is 1. The third-order valence-electron chi connectivity index (χ3n) is 2.98. The summed E-state index contributed by atoms with van der Waals surface area (Å²) in [7, 11) is 1.70. The van der Waals surface area contributed by atoms with Crippen LogP contribution in [0.15, 0.2) is 17.0 Å². The van der Waals surface area contributed by atoms with Gasteiger partial charge in [-0.25, -0.2) is 0 Å². The van der Waals surface area contributed by atoms with Crippen molar-refractivity contribution in [3.63, 3.8) is 0 Å². The zero-order chi connectivity index (χ0) is 10.1. The van der Waals surface area contributed by atoms with Crippen molar-refractivity contribution >= 4 is 12.6 Å². The van der Waals surface area contributed by atoms with Gasteiger partial charge in [-0.15, -0.1) is 12.6 Å². The Balaban J connectivity index is 2.41. The molecule has 1 atom stereocenters. The Morgan fingerprint density at radius 1 is 1.36 bits per heavy atom. The van der Waals surface area contributed by atoms with Gasteiger partial charge >= 0.3 is 0 Å². The molecule has 0 aliphatic heterocycles. The van der Waals surface area contributed by atoms with Gasteiger partial charge in [0.1, 0.15) is 5.75 Å². The van der Waals surface area contributed by atoms with Crippen molar-refractivity contribution in [1.82, 2.24) is 0 Å². The van der Waals surface area contributed by atoms with E-state index in [0.29, 0.717) is 0 Å². The van der Waals surface area contributed by atoms with E-state index in [9.17, 15) is 0 Å². The lowest BCUT2D eigenvalue weighted by Crippen LogP contribution is -2.11. The number of fused-ring (bicyclic) bond motifs is 1. The lowest BCUT2D eigenvalue weighted by Gasteiger charge is -2.22. The predicted molar refractivity (Wildman–Crippen MR) is 61.4 cm³/mol. The normalized spacial score (nSPS) is 20.4. The molecule has 2 rings (SSSR count). The Hall–Kier alpha value is -0.630. The Labute approximate surface area is 90.9 Å². The second-order valence-corrected chi connectivity index (χ2v) is 4.62. The molecule has 1 aliphatic rings. The highest BCUT2D eigenvalue weighted by atomic mass is 32.1. The van der Waals surface area contributed by atoms with Gasteiger partial charge in [-0.05, 0) is 48.4 Å². The van der Waals surface area contributed by atoms with E-state index in [0.717, 1.165) is 16.6 Å². The molecule has 14 heavy (non-hydrogen) atoms. The van der Waals surface area contributed by atoms with Gasteiger partial charge in [0.05, 0.1) is 7.11 Å². The molecule has 2 heteroatoms. The van der Waals surface area contributed by atoms with E-state index in [1.54, 1.807) is 7.11 Å². The van der Waals surface area contributed by atoms with Crippen molar-refractivity contribution in [3.8, 4) is 5.75 Å². The fourth-order valence-electron chi connectivity index (χ4n) is 2.12.